The largest absolute Gasteiger partial charge is 0.465 e. The van der Waals surface area contributed by atoms with Gasteiger partial charge in [0.25, 0.3) is 0 Å². The number of benzene rings is 1. The normalized spacial score (nSPS) is 12.2. The third-order valence-corrected chi connectivity index (χ3v) is 3.54. The van der Waals surface area contributed by atoms with E-state index in [1.54, 1.807) is 6.07 Å². The molecule has 1 aromatic rings. The highest BCUT2D eigenvalue weighted by molar-refractivity contribution is 7.99. The standard InChI is InChI=1S/C13H19NO2S/c1-10(17-3)8-14-9-11-6-4-5-7-12(11)13(15)16-2/h4-7,10,14H,8-9H2,1-3H3. The van der Waals surface area contributed by atoms with E-state index >= 15 is 0 Å². The maximum Gasteiger partial charge on any atom is 0.338 e. The molecule has 0 aliphatic rings. The molecular formula is C13H19NO2S. The number of thioether (sulfide) groups is 1. The van der Waals surface area contributed by atoms with Crippen LogP contribution in [0.5, 0.6) is 0 Å². The van der Waals surface area contributed by atoms with Crippen molar-refractivity contribution >= 4 is 17.7 Å². The molecule has 1 aromatic carbocycles. The van der Waals surface area contributed by atoms with Gasteiger partial charge in [-0.05, 0) is 17.9 Å². The fourth-order valence-corrected chi connectivity index (χ4v) is 1.76. The molecule has 0 amide bonds. The number of nitrogens with one attached hydrogen (secondary N) is 1. The van der Waals surface area contributed by atoms with E-state index in [2.05, 4.69) is 18.5 Å². The van der Waals surface area contributed by atoms with E-state index in [-0.39, 0.29) is 5.97 Å². The zero-order valence-electron chi connectivity index (χ0n) is 10.5. The van der Waals surface area contributed by atoms with Crippen LogP contribution in [0, 0.1) is 0 Å². The monoisotopic (exact) mass is 253 g/mol. The summed E-state index contributed by atoms with van der Waals surface area (Å²) in [6.07, 6.45) is 2.09. The van der Waals surface area contributed by atoms with Crippen LogP contribution in [-0.4, -0.2) is 31.1 Å². The summed E-state index contributed by atoms with van der Waals surface area (Å²) in [4.78, 5) is 11.5. The minimum atomic E-state index is -0.277. The van der Waals surface area contributed by atoms with Crippen molar-refractivity contribution in [3.05, 3.63) is 35.4 Å². The molecule has 4 heteroatoms. The highest BCUT2D eigenvalue weighted by Crippen LogP contribution is 2.10. The second-order valence-electron chi connectivity index (χ2n) is 3.83. The van der Waals surface area contributed by atoms with Crippen molar-refractivity contribution in [3.63, 3.8) is 0 Å². The van der Waals surface area contributed by atoms with Crippen LogP contribution >= 0.6 is 11.8 Å². The quantitative estimate of drug-likeness (QED) is 0.790. The third kappa shape index (κ3) is 4.40. The van der Waals surface area contributed by atoms with E-state index < -0.39 is 0 Å². The summed E-state index contributed by atoms with van der Waals surface area (Å²) in [6.45, 7) is 3.79. The number of carbonyl (C=O) groups excluding carboxylic acids is 1. The lowest BCUT2D eigenvalue weighted by Gasteiger charge is -2.11. The SMILES string of the molecule is COC(=O)c1ccccc1CNCC(C)SC. The number of rotatable bonds is 6. The predicted molar refractivity (Wildman–Crippen MR) is 72.5 cm³/mol. The molecule has 0 aliphatic heterocycles. The van der Waals surface area contributed by atoms with Gasteiger partial charge in [-0.2, -0.15) is 11.8 Å². The first-order valence-corrected chi connectivity index (χ1v) is 6.87. The molecule has 0 radical (unpaired) electrons. The minimum Gasteiger partial charge on any atom is -0.465 e. The second-order valence-corrected chi connectivity index (χ2v) is 5.10. The summed E-state index contributed by atoms with van der Waals surface area (Å²) < 4.78 is 4.75. The van der Waals surface area contributed by atoms with Gasteiger partial charge in [-0.3, -0.25) is 0 Å². The Kier molecular flexibility index (Phi) is 6.08. The second kappa shape index (κ2) is 7.35. The summed E-state index contributed by atoms with van der Waals surface area (Å²) in [5, 5.41) is 3.91. The van der Waals surface area contributed by atoms with Crippen LogP contribution in [0.25, 0.3) is 0 Å². The van der Waals surface area contributed by atoms with Gasteiger partial charge in [-0.25, -0.2) is 4.79 Å². The highest BCUT2D eigenvalue weighted by Gasteiger charge is 2.10. The zero-order chi connectivity index (χ0) is 12.7. The smallest absolute Gasteiger partial charge is 0.338 e. The van der Waals surface area contributed by atoms with Gasteiger partial charge in [0.1, 0.15) is 0 Å². The van der Waals surface area contributed by atoms with Gasteiger partial charge in [-0.15, -0.1) is 0 Å². The Labute approximate surface area is 107 Å². The van der Waals surface area contributed by atoms with E-state index in [0.29, 0.717) is 17.4 Å². The minimum absolute atomic E-state index is 0.277. The van der Waals surface area contributed by atoms with Crippen LogP contribution in [0.2, 0.25) is 0 Å². The molecule has 0 saturated heterocycles. The lowest BCUT2D eigenvalue weighted by Crippen LogP contribution is -2.23. The summed E-state index contributed by atoms with van der Waals surface area (Å²) in [7, 11) is 1.41. The van der Waals surface area contributed by atoms with E-state index in [1.165, 1.54) is 7.11 Å². The Morgan fingerprint density at radius 2 is 2.18 bits per heavy atom. The lowest BCUT2D eigenvalue weighted by molar-refractivity contribution is 0.0599. The van der Waals surface area contributed by atoms with Crippen molar-refractivity contribution in [1.29, 1.82) is 0 Å². The fraction of sp³-hybridized carbons (Fsp3) is 0.462. The summed E-state index contributed by atoms with van der Waals surface area (Å²) in [6, 6.07) is 7.52. The molecule has 17 heavy (non-hydrogen) atoms. The van der Waals surface area contributed by atoms with Crippen molar-refractivity contribution in [2.24, 2.45) is 0 Å². The van der Waals surface area contributed by atoms with Gasteiger partial charge < -0.3 is 10.1 Å². The molecular weight excluding hydrogens is 234 g/mol. The van der Waals surface area contributed by atoms with Crippen LogP contribution in [0.3, 0.4) is 0 Å². The van der Waals surface area contributed by atoms with Gasteiger partial charge in [-0.1, -0.05) is 25.1 Å². The Bertz CT molecular complexity index is 368. The average molecular weight is 253 g/mol. The maximum atomic E-state index is 11.5. The first kappa shape index (κ1) is 14.1. The van der Waals surface area contributed by atoms with E-state index in [4.69, 9.17) is 4.74 Å². The summed E-state index contributed by atoms with van der Waals surface area (Å²) in [5.41, 5.74) is 1.62. The van der Waals surface area contributed by atoms with Crippen molar-refractivity contribution in [3.8, 4) is 0 Å². The van der Waals surface area contributed by atoms with E-state index in [1.807, 2.05) is 30.0 Å². The van der Waals surface area contributed by atoms with Crippen LogP contribution in [-0.2, 0) is 11.3 Å². The van der Waals surface area contributed by atoms with Crippen LogP contribution in [0.15, 0.2) is 24.3 Å². The first-order chi connectivity index (χ1) is 8.19. The van der Waals surface area contributed by atoms with Gasteiger partial charge in [0.2, 0.25) is 0 Å². The first-order valence-electron chi connectivity index (χ1n) is 5.58. The molecule has 0 heterocycles. The average Bonchev–Trinajstić information content (AvgIpc) is 2.38. The molecule has 0 bridgehead atoms. The molecule has 0 aromatic heterocycles. The molecule has 1 N–H and O–H groups in total. The van der Waals surface area contributed by atoms with Crippen molar-refractivity contribution in [2.75, 3.05) is 19.9 Å². The summed E-state index contributed by atoms with van der Waals surface area (Å²) in [5.74, 6) is -0.277. The number of hydrogen-bond donors (Lipinski definition) is 1. The van der Waals surface area contributed by atoms with Crippen LogP contribution in [0.4, 0.5) is 0 Å². The van der Waals surface area contributed by atoms with E-state index in [0.717, 1.165) is 12.1 Å². The predicted octanol–water partition coefficient (Wildman–Crippen LogP) is 2.31. The number of methoxy groups -OCH3 is 1. The summed E-state index contributed by atoms with van der Waals surface area (Å²) >= 11 is 1.82. The molecule has 0 saturated carbocycles. The molecule has 0 spiro atoms. The Morgan fingerprint density at radius 3 is 2.82 bits per heavy atom. The molecule has 0 fully saturated rings. The Hall–Kier alpha value is -1.00. The molecule has 3 nitrogen and oxygen atoms in total. The van der Waals surface area contributed by atoms with Crippen molar-refractivity contribution in [2.45, 2.75) is 18.7 Å². The number of esters is 1. The number of hydrogen-bond acceptors (Lipinski definition) is 4. The topological polar surface area (TPSA) is 38.3 Å². The number of carbonyl (C=O) groups is 1. The van der Waals surface area contributed by atoms with E-state index in [9.17, 15) is 4.79 Å². The van der Waals surface area contributed by atoms with Gasteiger partial charge in [0.15, 0.2) is 0 Å². The highest BCUT2D eigenvalue weighted by atomic mass is 32.2. The molecule has 1 rings (SSSR count). The lowest BCUT2D eigenvalue weighted by atomic mass is 10.1. The maximum absolute atomic E-state index is 11.5. The third-order valence-electron chi connectivity index (χ3n) is 2.57. The van der Waals surface area contributed by atoms with Crippen molar-refractivity contribution < 1.29 is 9.53 Å². The Morgan fingerprint density at radius 1 is 1.47 bits per heavy atom. The van der Waals surface area contributed by atoms with Crippen molar-refractivity contribution in [1.82, 2.24) is 5.32 Å². The Balaban J connectivity index is 2.61. The molecule has 0 aliphatic carbocycles. The number of ether oxygens (including phenoxy) is 1. The van der Waals surface area contributed by atoms with Gasteiger partial charge in [0.05, 0.1) is 12.7 Å². The van der Waals surface area contributed by atoms with Gasteiger partial charge in [0, 0.05) is 18.3 Å². The van der Waals surface area contributed by atoms with Crippen LogP contribution < -0.4 is 5.32 Å². The van der Waals surface area contributed by atoms with Gasteiger partial charge >= 0.3 is 5.97 Å². The molecule has 1 unspecified atom stereocenters. The molecule has 1 atom stereocenters. The zero-order valence-corrected chi connectivity index (χ0v) is 11.3. The fourth-order valence-electron chi connectivity index (χ4n) is 1.48. The molecule has 94 valence electrons. The van der Waals surface area contributed by atoms with Crippen LogP contribution in [0.1, 0.15) is 22.8 Å².